The van der Waals surface area contributed by atoms with Crippen molar-refractivity contribution in [1.29, 1.82) is 5.41 Å². The number of guanidine groups is 1. The SMILES string of the molecule is CC(C)CCC(=O)NC(CCC(=O)O)C(=O)NC(CC(C)C)C(=O)NC(CC(=O)O)C(=O)NC(CO)C(=O)NC(CCCNC(=N)N)C(=O)OC(=O)C(CO)NC(=O)C(NC(=O)C(NC(=O)C(CO)NC(=O)C(NC(=O)C(CC(=O)O)NC(=O)C(CO)NC(=O)C(CC(C)C)NC(=O)C(CC1C=NC=N1)NC(=O)C(CC(=O)O)NC(=O)CNC(=O)CCCC(=O)O)C(C)O)C(C)O)C(C)O. The van der Waals surface area contributed by atoms with Gasteiger partial charge in [-0.3, -0.25) is 111 Å². The maximum absolute atomic E-state index is 14.1. The minimum absolute atomic E-state index is 0.0514. The lowest BCUT2D eigenvalue weighted by Gasteiger charge is -2.29. The van der Waals surface area contributed by atoms with Crippen LogP contribution in [0, 0.1) is 23.2 Å². The van der Waals surface area contributed by atoms with Crippen molar-refractivity contribution in [1.82, 2.24) is 90.4 Å². The zero-order valence-corrected chi connectivity index (χ0v) is 75.3. The third-order valence-corrected chi connectivity index (χ3v) is 19.1. The Morgan fingerprint density at radius 1 is 0.341 bits per heavy atom. The number of carboxylic acids is 5. The van der Waals surface area contributed by atoms with Gasteiger partial charge in [-0.1, -0.05) is 41.5 Å². The van der Waals surface area contributed by atoms with Gasteiger partial charge in [0.2, 0.25) is 94.5 Å². The molecule has 1 rings (SSSR count). The third kappa shape index (κ3) is 47.0. The van der Waals surface area contributed by atoms with Gasteiger partial charge >= 0.3 is 41.8 Å². The molecule has 0 saturated heterocycles. The number of nitrogens with zero attached hydrogens (tertiary/aromatic N) is 2. The summed E-state index contributed by atoms with van der Waals surface area (Å²) in [6.45, 7) is 5.98. The highest BCUT2D eigenvalue weighted by Crippen LogP contribution is 2.15. The maximum Gasteiger partial charge on any atom is 0.338 e. The van der Waals surface area contributed by atoms with Gasteiger partial charge in [-0.15, -0.1) is 0 Å². The first-order chi connectivity index (χ1) is 63.1. The van der Waals surface area contributed by atoms with E-state index in [9.17, 15) is 166 Å². The molecule has 57 nitrogen and oxygen atoms in total. The summed E-state index contributed by atoms with van der Waals surface area (Å²) in [7, 11) is 0. The number of ether oxygens (including phenoxy) is 1. The first kappa shape index (κ1) is 119. The molecule has 1 aliphatic heterocycles. The van der Waals surface area contributed by atoms with E-state index < -0.39 is 347 Å². The second-order valence-electron chi connectivity index (χ2n) is 32.3. The number of nitrogens with one attached hydrogen (secondary N) is 18. The Kier molecular flexibility index (Phi) is 54.1. The second-order valence-corrected chi connectivity index (χ2v) is 32.3. The van der Waals surface area contributed by atoms with E-state index in [2.05, 4.69) is 63.2 Å². The molecular weight excluding hydrogens is 1810 g/mol. The van der Waals surface area contributed by atoms with Crippen LogP contribution < -0.4 is 96.1 Å². The molecule has 0 aliphatic carbocycles. The average molecular weight is 1930 g/mol. The number of carbonyl (C=O) groups excluding carboxylic acids is 18. The smallest absolute Gasteiger partial charge is 0.338 e. The van der Waals surface area contributed by atoms with Crippen molar-refractivity contribution in [3.8, 4) is 0 Å². The molecule has 0 fully saturated rings. The summed E-state index contributed by atoms with van der Waals surface area (Å²) in [5.74, 6) is -33.5. The number of nitrogens with two attached hydrogens (primary N) is 1. The number of aliphatic hydroxyl groups is 7. The highest BCUT2D eigenvalue weighted by atomic mass is 16.6. The highest BCUT2D eigenvalue weighted by molar-refractivity contribution is 6.03. The number of aliphatic carboxylic acids is 5. The van der Waals surface area contributed by atoms with Gasteiger partial charge in [-0.05, 0) is 83.5 Å². The van der Waals surface area contributed by atoms with Crippen LogP contribution in [-0.2, 0) is 115 Å². The Hall–Kier alpha value is -13.7. The summed E-state index contributed by atoms with van der Waals surface area (Å²) in [5, 5.41) is 165. The summed E-state index contributed by atoms with van der Waals surface area (Å²) in [4.78, 5) is 312. The first-order valence-electron chi connectivity index (χ1n) is 42.3. The van der Waals surface area contributed by atoms with Crippen LogP contribution >= 0.6 is 0 Å². The molecule has 16 amide bonds. The van der Waals surface area contributed by atoms with Crippen LogP contribution in [0.4, 0.5) is 0 Å². The molecule has 0 aromatic heterocycles. The maximum atomic E-state index is 14.1. The fraction of sp³-hybridized carbons (Fsp3) is 0.667. The largest absolute Gasteiger partial charge is 0.481 e. The first-order valence-corrected chi connectivity index (χ1v) is 42.3. The lowest BCUT2D eigenvalue weighted by molar-refractivity contribution is -0.165. The number of amides is 16. The van der Waals surface area contributed by atoms with Gasteiger partial charge in [-0.25, -0.2) is 14.6 Å². The molecule has 0 aromatic carbocycles. The van der Waals surface area contributed by atoms with Crippen LogP contribution in [0.1, 0.15) is 159 Å². The Labute approximate surface area is 770 Å². The van der Waals surface area contributed by atoms with Crippen LogP contribution in [0.3, 0.4) is 0 Å². The molecule has 0 radical (unpaired) electrons. The van der Waals surface area contributed by atoms with Crippen LogP contribution in [-0.4, -0.2) is 371 Å². The Bertz CT molecular complexity index is 4210. The van der Waals surface area contributed by atoms with E-state index in [1.54, 1.807) is 27.7 Å². The van der Waals surface area contributed by atoms with E-state index in [-0.39, 0.29) is 57.4 Å². The molecule has 135 heavy (non-hydrogen) atoms. The van der Waals surface area contributed by atoms with Crippen LogP contribution in [0.5, 0.6) is 0 Å². The van der Waals surface area contributed by atoms with Crippen molar-refractivity contribution in [3.63, 3.8) is 0 Å². The standard InChI is InChI=1S/C78H125N21O36/c1-33(2)15-17-53(108)85-40(16-18-56(112)113)63(120)88-42(20-34(3)4)64(121)91-46(24-58(116)117)68(125)94-48(28-100)70(127)87-41(12-11-19-82-78(79)80)76(133)135-77(134)51(31-103)96-74(131)61(37(8)105)99-75(132)62(38(9)106)98-72(129)50(30-102)95-73(130)60(36(7)104)97-69(126)47(25-59(118)119)92-71(128)49(29-101)93-65(122)43(21-35(5)6)89-66(123)44(22-39-26-81-32-84-39)90-67(124)45(23-57(114)115)86-54(109)27-83-52(107)13-10-14-55(110)111/h26,32-51,60-62,100-106H,10-25,27-31H2,1-9H3,(H,83,107)(H,85,108)(H,86,109)(H,87,127)(H,88,120)(H,89,123)(H,90,124)(H,91,121)(H,92,128)(H,93,122)(H,94,125)(H,95,130)(H,96,131)(H,97,126)(H,98,129)(H,99,132)(H,110,111)(H,112,113)(H,114,115)(H,116,117)(H,118,119)(H4,79,80,82). The van der Waals surface area contributed by atoms with E-state index in [0.717, 1.165) is 27.1 Å². The lowest BCUT2D eigenvalue weighted by atomic mass is 10.0. The molecule has 1 aliphatic rings. The molecule has 19 atom stereocenters. The summed E-state index contributed by atoms with van der Waals surface area (Å²) < 4.78 is 4.88. The van der Waals surface area contributed by atoms with Gasteiger partial charge in [0.15, 0.2) is 12.0 Å². The van der Waals surface area contributed by atoms with E-state index in [0.29, 0.717) is 6.42 Å². The van der Waals surface area contributed by atoms with Gasteiger partial charge in [0.05, 0.1) is 76.6 Å². The average Bonchev–Trinajstić information content (AvgIpc) is 1.24. The van der Waals surface area contributed by atoms with Gasteiger partial charge in [0, 0.05) is 44.9 Å². The second kappa shape index (κ2) is 61.2. The van der Waals surface area contributed by atoms with E-state index in [4.69, 9.17) is 21.0 Å². The van der Waals surface area contributed by atoms with E-state index in [1.165, 1.54) is 6.21 Å². The van der Waals surface area contributed by atoms with Crippen molar-refractivity contribution in [2.75, 3.05) is 39.5 Å². The van der Waals surface area contributed by atoms with Gasteiger partial charge in [0.25, 0.3) is 0 Å². The number of hydrogen-bond donors (Lipinski definition) is 31. The van der Waals surface area contributed by atoms with Crippen molar-refractivity contribution < 1.29 is 176 Å². The van der Waals surface area contributed by atoms with Crippen LogP contribution in [0.2, 0.25) is 0 Å². The van der Waals surface area contributed by atoms with Gasteiger partial charge in [0.1, 0.15) is 90.9 Å². The number of hydrogen-bond acceptors (Lipinski definition) is 34. The molecule has 32 N–H and O–H groups in total. The summed E-state index contributed by atoms with van der Waals surface area (Å²) in [6, 6.07) is -31.5. The molecule has 1 heterocycles. The van der Waals surface area contributed by atoms with Crippen LogP contribution in [0.15, 0.2) is 9.98 Å². The number of aliphatic hydroxyl groups excluding tert-OH is 7. The van der Waals surface area contributed by atoms with Crippen molar-refractivity contribution in [3.05, 3.63) is 0 Å². The van der Waals surface area contributed by atoms with Gasteiger partial charge in [-0.2, -0.15) is 0 Å². The number of rotatable bonds is 65. The Morgan fingerprint density at radius 2 is 0.681 bits per heavy atom. The number of esters is 2. The van der Waals surface area contributed by atoms with Gasteiger partial charge < -0.3 is 162 Å². The molecule has 0 aromatic rings. The molecule has 0 saturated carbocycles. The minimum Gasteiger partial charge on any atom is -0.481 e. The predicted molar refractivity (Wildman–Crippen MR) is 459 cm³/mol. The zero-order chi connectivity index (χ0) is 103. The Balaban J connectivity index is 3.45. The summed E-state index contributed by atoms with van der Waals surface area (Å²) in [6.07, 6.45) is -10.6. The van der Waals surface area contributed by atoms with Crippen LogP contribution in [0.25, 0.3) is 0 Å². The normalized spacial score (nSPS) is 16.0. The highest BCUT2D eigenvalue weighted by Gasteiger charge is 2.42. The predicted octanol–water partition coefficient (Wildman–Crippen LogP) is -13.2. The Morgan fingerprint density at radius 3 is 1.08 bits per heavy atom. The monoisotopic (exact) mass is 1930 g/mol. The van der Waals surface area contributed by atoms with Crippen molar-refractivity contribution in [2.45, 2.75) is 274 Å². The molecule has 0 bridgehead atoms. The van der Waals surface area contributed by atoms with E-state index >= 15 is 0 Å². The molecule has 758 valence electrons. The van der Waals surface area contributed by atoms with Crippen molar-refractivity contribution >= 4 is 155 Å². The lowest BCUT2D eigenvalue weighted by Crippen LogP contribution is -2.64. The zero-order valence-electron chi connectivity index (χ0n) is 75.3. The minimum atomic E-state index is -2.34. The molecular formula is C78H125N21O36. The molecule has 19 unspecified atom stereocenters. The summed E-state index contributed by atoms with van der Waals surface area (Å²) >= 11 is 0. The molecule has 0 spiro atoms. The topological polar surface area (TPSA) is 924 Å². The summed E-state index contributed by atoms with van der Waals surface area (Å²) in [5.41, 5.74) is 5.35. The fourth-order valence-electron chi connectivity index (χ4n) is 12.0. The van der Waals surface area contributed by atoms with E-state index in [1.807, 2.05) is 51.1 Å². The molecule has 57 heteroatoms. The number of aliphatic imine (C=N–C) groups is 2. The fourth-order valence-corrected chi connectivity index (χ4v) is 12.0. The quantitative estimate of drug-likeness (QED) is 0.00884. The number of carboxylic acid groups (broad SMARTS) is 5. The van der Waals surface area contributed by atoms with Crippen molar-refractivity contribution in [2.24, 2.45) is 33.5 Å². The third-order valence-electron chi connectivity index (χ3n) is 19.1. The number of carbonyl (C=O) groups is 23.